The molecule has 7 nitrogen and oxygen atoms in total. The minimum Gasteiger partial charge on any atom is -0.399 e. The number of nitrogen functional groups attached to an aromatic ring is 1. The lowest BCUT2D eigenvalue weighted by Gasteiger charge is -2.05. The summed E-state index contributed by atoms with van der Waals surface area (Å²) in [6.45, 7) is 0. The summed E-state index contributed by atoms with van der Waals surface area (Å²) in [5.41, 5.74) is 5.51. The molecule has 0 bridgehead atoms. The van der Waals surface area contributed by atoms with Crippen molar-refractivity contribution in [1.82, 2.24) is 19.7 Å². The third kappa shape index (κ3) is 2.77. The van der Waals surface area contributed by atoms with Crippen LogP contribution in [0.3, 0.4) is 0 Å². The highest BCUT2D eigenvalue weighted by atomic mass is 32.2. The molecular weight excluding hydrogens is 254 g/mol. The molecule has 0 atom stereocenters. The molecule has 0 fully saturated rings. The zero-order valence-electron chi connectivity index (χ0n) is 9.58. The van der Waals surface area contributed by atoms with Crippen molar-refractivity contribution >= 4 is 17.4 Å². The normalized spacial score (nSPS) is 10.5. The van der Waals surface area contributed by atoms with Crippen LogP contribution in [0.4, 0.5) is 5.69 Å². The molecule has 2 heterocycles. The van der Waals surface area contributed by atoms with Gasteiger partial charge in [0.25, 0.3) is 0 Å². The summed E-state index contributed by atoms with van der Waals surface area (Å²) in [5.74, 6) is 0.511. The fourth-order valence-electron chi connectivity index (χ4n) is 1.30. The van der Waals surface area contributed by atoms with E-state index >= 15 is 0 Å². The number of nitrogens with one attached hydrogen (secondary N) is 1. The van der Waals surface area contributed by atoms with E-state index < -0.39 is 11.1 Å². The van der Waals surface area contributed by atoms with Gasteiger partial charge < -0.3 is 5.73 Å². The Kier molecular flexibility index (Phi) is 3.47. The third-order valence-corrected chi connectivity index (χ3v) is 3.20. The summed E-state index contributed by atoms with van der Waals surface area (Å²) in [6.07, 6.45) is 1.62. The monoisotopic (exact) mass is 265 g/mol. The van der Waals surface area contributed by atoms with Crippen molar-refractivity contribution in [2.75, 3.05) is 5.73 Å². The molecule has 94 valence electrons. The average molecular weight is 265 g/mol. The van der Waals surface area contributed by atoms with E-state index in [-0.39, 0.29) is 0 Å². The number of aromatic amines is 1. The Morgan fingerprint density at radius 1 is 1.50 bits per heavy atom. The Hall–Kier alpha value is -2.09. The van der Waals surface area contributed by atoms with Gasteiger partial charge in [-0.25, -0.2) is 0 Å². The van der Waals surface area contributed by atoms with Crippen molar-refractivity contribution in [3.05, 3.63) is 44.7 Å². The maximum absolute atomic E-state index is 11.1. The Morgan fingerprint density at radius 3 is 3.00 bits per heavy atom. The summed E-state index contributed by atoms with van der Waals surface area (Å²) < 4.78 is 1.40. The molecule has 8 heteroatoms. The zero-order chi connectivity index (χ0) is 13.1. The number of hydrogen-bond donors (Lipinski definition) is 2. The standard InChI is InChI=1S/C10H11N5O2S/c1-15-10(13-8(16)9(17)14-15)18-5-7-4-6(11)2-3-12-7/h2-4H,5H2,1H3,(H2,11,12)(H,14,17). The number of aryl methyl sites for hydroxylation is 1. The molecule has 0 radical (unpaired) electrons. The predicted molar refractivity (Wildman–Crippen MR) is 68.3 cm³/mol. The molecule has 0 aliphatic carbocycles. The van der Waals surface area contributed by atoms with Gasteiger partial charge in [0.05, 0.1) is 5.69 Å². The molecule has 0 saturated heterocycles. The average Bonchev–Trinajstić information content (AvgIpc) is 2.32. The molecule has 2 rings (SSSR count). The van der Waals surface area contributed by atoms with Crippen LogP contribution in [0.25, 0.3) is 0 Å². The Bertz CT molecular complexity index is 678. The number of aromatic nitrogens is 4. The summed E-state index contributed by atoms with van der Waals surface area (Å²) in [4.78, 5) is 30.0. The predicted octanol–water partition coefficient (Wildman–Crippen LogP) is -0.262. The molecule has 0 spiro atoms. The summed E-state index contributed by atoms with van der Waals surface area (Å²) in [6, 6.07) is 3.44. The number of thioether (sulfide) groups is 1. The van der Waals surface area contributed by atoms with E-state index in [0.717, 1.165) is 5.69 Å². The van der Waals surface area contributed by atoms with Crippen molar-refractivity contribution in [3.8, 4) is 0 Å². The van der Waals surface area contributed by atoms with Crippen LogP contribution in [-0.4, -0.2) is 19.7 Å². The minimum atomic E-state index is -0.795. The Labute approximate surface area is 106 Å². The fraction of sp³-hybridized carbons (Fsp3) is 0.200. The first-order valence-corrected chi connectivity index (χ1v) is 6.05. The SMILES string of the molecule is Cn1[nH]c(=O)c(=O)nc1SCc1cc(N)ccn1. The van der Waals surface area contributed by atoms with Crippen molar-refractivity contribution in [2.24, 2.45) is 7.05 Å². The largest absolute Gasteiger partial charge is 0.399 e. The van der Waals surface area contributed by atoms with Crippen molar-refractivity contribution in [1.29, 1.82) is 0 Å². The van der Waals surface area contributed by atoms with Crippen molar-refractivity contribution in [3.63, 3.8) is 0 Å². The molecule has 2 aromatic rings. The van der Waals surface area contributed by atoms with Crippen LogP contribution >= 0.6 is 11.8 Å². The van der Waals surface area contributed by atoms with Gasteiger partial charge in [-0.15, -0.1) is 0 Å². The number of nitrogens with zero attached hydrogens (tertiary/aromatic N) is 3. The van der Waals surface area contributed by atoms with Crippen LogP contribution in [0.1, 0.15) is 5.69 Å². The number of anilines is 1. The number of H-pyrrole nitrogens is 1. The highest BCUT2D eigenvalue weighted by Gasteiger charge is 2.05. The molecule has 0 unspecified atom stereocenters. The van der Waals surface area contributed by atoms with Gasteiger partial charge in [0.1, 0.15) is 0 Å². The van der Waals surface area contributed by atoms with Gasteiger partial charge in [0.2, 0.25) is 0 Å². The molecule has 3 N–H and O–H groups in total. The summed E-state index contributed by atoms with van der Waals surface area (Å²) in [7, 11) is 1.61. The lowest BCUT2D eigenvalue weighted by molar-refractivity contribution is 0.596. The van der Waals surface area contributed by atoms with Crippen LogP contribution in [0.15, 0.2) is 33.1 Å². The van der Waals surface area contributed by atoms with Crippen molar-refractivity contribution in [2.45, 2.75) is 10.9 Å². The Morgan fingerprint density at radius 2 is 2.28 bits per heavy atom. The van der Waals surface area contributed by atoms with Crippen LogP contribution in [0.2, 0.25) is 0 Å². The van der Waals surface area contributed by atoms with E-state index in [2.05, 4.69) is 15.1 Å². The van der Waals surface area contributed by atoms with Gasteiger partial charge in [-0.05, 0) is 12.1 Å². The van der Waals surface area contributed by atoms with Crippen molar-refractivity contribution < 1.29 is 0 Å². The molecule has 0 saturated carbocycles. The van der Waals surface area contributed by atoms with Crippen LogP contribution < -0.4 is 16.9 Å². The number of hydrogen-bond acceptors (Lipinski definition) is 6. The first-order chi connectivity index (χ1) is 8.56. The molecule has 0 aliphatic heterocycles. The molecule has 0 aliphatic rings. The highest BCUT2D eigenvalue weighted by molar-refractivity contribution is 7.98. The second-order valence-corrected chi connectivity index (χ2v) is 4.51. The first-order valence-electron chi connectivity index (χ1n) is 5.07. The third-order valence-electron chi connectivity index (χ3n) is 2.14. The lowest BCUT2D eigenvalue weighted by Crippen LogP contribution is -2.33. The topological polar surface area (TPSA) is 107 Å². The quantitative estimate of drug-likeness (QED) is 0.585. The summed E-state index contributed by atoms with van der Waals surface area (Å²) >= 11 is 1.30. The van der Waals surface area contributed by atoms with E-state index in [4.69, 9.17) is 5.73 Å². The van der Waals surface area contributed by atoms with Gasteiger partial charge >= 0.3 is 11.1 Å². The number of nitrogens with two attached hydrogens (primary N) is 1. The molecular formula is C10H11N5O2S. The molecule has 0 amide bonds. The fourth-order valence-corrected chi connectivity index (χ4v) is 2.13. The molecule has 18 heavy (non-hydrogen) atoms. The Balaban J connectivity index is 2.18. The van der Waals surface area contributed by atoms with Gasteiger partial charge in [-0.3, -0.25) is 24.4 Å². The van der Waals surface area contributed by atoms with Crippen LogP contribution in [-0.2, 0) is 12.8 Å². The maximum Gasteiger partial charge on any atom is 0.339 e. The molecule has 2 aromatic heterocycles. The molecule has 0 aromatic carbocycles. The van der Waals surface area contributed by atoms with Gasteiger partial charge in [-0.1, -0.05) is 11.8 Å². The highest BCUT2D eigenvalue weighted by Crippen LogP contribution is 2.18. The van der Waals surface area contributed by atoms with Gasteiger partial charge in [-0.2, -0.15) is 4.98 Å². The van der Waals surface area contributed by atoms with Gasteiger partial charge in [0.15, 0.2) is 5.16 Å². The number of rotatable bonds is 3. The van der Waals surface area contributed by atoms with E-state index in [1.165, 1.54) is 16.4 Å². The van der Waals surface area contributed by atoms with Gasteiger partial charge in [0, 0.05) is 24.7 Å². The smallest absolute Gasteiger partial charge is 0.339 e. The zero-order valence-corrected chi connectivity index (χ0v) is 10.4. The second kappa shape index (κ2) is 5.05. The number of pyridine rings is 1. The minimum absolute atomic E-state index is 0.420. The van der Waals surface area contributed by atoms with E-state index in [1.54, 1.807) is 25.4 Å². The summed E-state index contributed by atoms with van der Waals surface area (Å²) in [5, 5.41) is 2.80. The van der Waals surface area contributed by atoms with Crippen LogP contribution in [0.5, 0.6) is 0 Å². The van der Waals surface area contributed by atoms with E-state index in [0.29, 0.717) is 16.6 Å². The second-order valence-electron chi connectivity index (χ2n) is 3.57. The maximum atomic E-state index is 11.1. The van der Waals surface area contributed by atoms with E-state index in [9.17, 15) is 9.59 Å². The lowest BCUT2D eigenvalue weighted by atomic mass is 10.3. The first kappa shape index (κ1) is 12.4. The van der Waals surface area contributed by atoms with E-state index in [1.807, 2.05) is 0 Å². The van der Waals surface area contributed by atoms with Crippen LogP contribution in [0, 0.1) is 0 Å².